The van der Waals surface area contributed by atoms with Crippen LogP contribution < -0.4 is 9.46 Å². The number of hydrogen-bond donors (Lipinski definition) is 1. The van der Waals surface area contributed by atoms with E-state index in [0.29, 0.717) is 12.8 Å². The van der Waals surface area contributed by atoms with Gasteiger partial charge >= 0.3 is 0 Å². The summed E-state index contributed by atoms with van der Waals surface area (Å²) in [7, 11) is 0. The van der Waals surface area contributed by atoms with Crippen molar-refractivity contribution in [3.63, 3.8) is 0 Å². The maximum absolute atomic E-state index is 14.9. The van der Waals surface area contributed by atoms with Gasteiger partial charge in [-0.3, -0.25) is 9.11 Å². The van der Waals surface area contributed by atoms with Gasteiger partial charge in [-0.25, -0.2) is 13.5 Å². The molecule has 2 aromatic rings. The molecule has 5 nitrogen and oxygen atoms in total. The Balaban J connectivity index is 1.34. The molecule has 3 aliphatic rings. The van der Waals surface area contributed by atoms with Crippen LogP contribution in [0.3, 0.4) is 0 Å². The summed E-state index contributed by atoms with van der Waals surface area (Å²) in [6, 6.07) is 10.4. The van der Waals surface area contributed by atoms with Crippen molar-refractivity contribution >= 4 is 11.3 Å². The third-order valence-corrected chi connectivity index (χ3v) is 8.24. The second-order valence-corrected chi connectivity index (χ2v) is 10.3. The SMILES string of the molecule is O=S([O-])NC1(CCOc2cc3c(cc2F)CC(N2CCC2)C3Cc2cccc(F)c2)CCC1. The minimum Gasteiger partial charge on any atom is -0.760 e. The lowest BCUT2D eigenvalue weighted by Crippen LogP contribution is -2.52. The first-order valence-electron chi connectivity index (χ1n) is 11.7. The van der Waals surface area contributed by atoms with E-state index in [1.807, 2.05) is 12.1 Å². The van der Waals surface area contributed by atoms with Crippen LogP contribution in [0.1, 0.15) is 54.7 Å². The molecule has 8 heteroatoms. The van der Waals surface area contributed by atoms with E-state index in [-0.39, 0.29) is 36.0 Å². The van der Waals surface area contributed by atoms with Gasteiger partial charge < -0.3 is 9.29 Å². The number of fused-ring (bicyclic) bond motifs is 1. The van der Waals surface area contributed by atoms with E-state index >= 15 is 0 Å². The van der Waals surface area contributed by atoms with E-state index in [0.717, 1.165) is 55.5 Å². The number of nitrogens with one attached hydrogen (secondary N) is 1. The predicted molar refractivity (Wildman–Crippen MR) is 122 cm³/mol. The molecule has 178 valence electrons. The van der Waals surface area contributed by atoms with E-state index in [1.54, 1.807) is 18.2 Å². The molecule has 0 radical (unpaired) electrons. The average molecular weight is 476 g/mol. The van der Waals surface area contributed by atoms with Crippen LogP contribution in [0.15, 0.2) is 36.4 Å². The van der Waals surface area contributed by atoms with E-state index < -0.39 is 16.8 Å². The first-order valence-corrected chi connectivity index (χ1v) is 12.8. The van der Waals surface area contributed by atoms with Crippen LogP contribution in [0.4, 0.5) is 8.78 Å². The molecule has 0 amide bonds. The predicted octanol–water partition coefficient (Wildman–Crippen LogP) is 4.00. The van der Waals surface area contributed by atoms with Crippen molar-refractivity contribution < 1.29 is 22.3 Å². The fraction of sp³-hybridized carbons (Fsp3) is 0.520. The van der Waals surface area contributed by atoms with Crippen LogP contribution in [-0.2, 0) is 24.1 Å². The van der Waals surface area contributed by atoms with Crippen molar-refractivity contribution in [3.8, 4) is 5.75 Å². The van der Waals surface area contributed by atoms with Crippen LogP contribution in [0, 0.1) is 11.6 Å². The van der Waals surface area contributed by atoms with Gasteiger partial charge in [-0.05, 0) is 92.6 Å². The van der Waals surface area contributed by atoms with E-state index in [1.165, 1.54) is 12.5 Å². The summed E-state index contributed by atoms with van der Waals surface area (Å²) < 4.78 is 59.4. The lowest BCUT2D eigenvalue weighted by molar-refractivity contribution is 0.106. The van der Waals surface area contributed by atoms with Gasteiger partial charge in [-0.2, -0.15) is 0 Å². The van der Waals surface area contributed by atoms with Gasteiger partial charge in [0, 0.05) is 35.2 Å². The Hall–Kier alpha value is -1.87. The molecule has 1 saturated carbocycles. The molecular weight excluding hydrogens is 446 g/mol. The second kappa shape index (κ2) is 9.41. The van der Waals surface area contributed by atoms with Gasteiger partial charge in [0.15, 0.2) is 11.6 Å². The largest absolute Gasteiger partial charge is 0.760 e. The first kappa shape index (κ1) is 22.9. The van der Waals surface area contributed by atoms with E-state index in [9.17, 15) is 17.5 Å². The molecule has 3 atom stereocenters. The third-order valence-electron chi connectivity index (χ3n) is 7.64. The molecule has 1 saturated heterocycles. The van der Waals surface area contributed by atoms with E-state index in [4.69, 9.17) is 4.74 Å². The maximum atomic E-state index is 14.9. The van der Waals surface area contributed by atoms with Crippen molar-refractivity contribution in [1.29, 1.82) is 0 Å². The number of nitrogens with zero attached hydrogens (tertiary/aromatic N) is 1. The van der Waals surface area contributed by atoms with Gasteiger partial charge in [-0.1, -0.05) is 12.1 Å². The molecule has 1 N–H and O–H groups in total. The number of benzene rings is 2. The Morgan fingerprint density at radius 2 is 2.00 bits per heavy atom. The van der Waals surface area contributed by atoms with Crippen molar-refractivity contribution in [3.05, 3.63) is 64.7 Å². The molecule has 5 rings (SSSR count). The number of hydrogen-bond acceptors (Lipinski definition) is 4. The molecule has 0 aromatic heterocycles. The monoisotopic (exact) mass is 475 g/mol. The van der Waals surface area contributed by atoms with Crippen LogP contribution in [0.25, 0.3) is 0 Å². The smallest absolute Gasteiger partial charge is 0.165 e. The lowest BCUT2D eigenvalue weighted by Gasteiger charge is -2.43. The summed E-state index contributed by atoms with van der Waals surface area (Å²) in [5.41, 5.74) is 2.54. The molecule has 3 unspecified atom stereocenters. The minimum atomic E-state index is -2.33. The zero-order valence-electron chi connectivity index (χ0n) is 18.5. The molecule has 2 aliphatic carbocycles. The van der Waals surface area contributed by atoms with Crippen molar-refractivity contribution in [1.82, 2.24) is 9.62 Å². The summed E-state index contributed by atoms with van der Waals surface area (Å²) in [5, 5.41) is 0. The van der Waals surface area contributed by atoms with Crippen molar-refractivity contribution in [2.24, 2.45) is 0 Å². The van der Waals surface area contributed by atoms with Gasteiger partial charge in [0.25, 0.3) is 0 Å². The van der Waals surface area contributed by atoms with Gasteiger partial charge in [0.2, 0.25) is 0 Å². The molecule has 0 spiro atoms. The number of likely N-dealkylation sites (tertiary alicyclic amines) is 1. The summed E-state index contributed by atoms with van der Waals surface area (Å²) in [6.07, 6.45) is 5.66. The molecular formula is C25H29F2N2O3S-. The normalized spacial score (nSPS) is 24.6. The topological polar surface area (TPSA) is 64.6 Å². The Morgan fingerprint density at radius 1 is 1.18 bits per heavy atom. The second-order valence-electron chi connectivity index (χ2n) is 9.65. The molecule has 2 fully saturated rings. The minimum absolute atomic E-state index is 0.146. The maximum Gasteiger partial charge on any atom is 0.165 e. The van der Waals surface area contributed by atoms with Crippen molar-refractivity contribution in [2.75, 3.05) is 19.7 Å². The Kier molecular flexibility index (Phi) is 6.53. The highest BCUT2D eigenvalue weighted by atomic mass is 32.2. The average Bonchev–Trinajstić information content (AvgIpc) is 3.01. The highest BCUT2D eigenvalue weighted by molar-refractivity contribution is 7.77. The van der Waals surface area contributed by atoms with Crippen LogP contribution in [0.2, 0.25) is 0 Å². The van der Waals surface area contributed by atoms with Gasteiger partial charge in [0.1, 0.15) is 5.82 Å². The molecule has 0 bridgehead atoms. The van der Waals surface area contributed by atoms with Crippen LogP contribution >= 0.6 is 0 Å². The summed E-state index contributed by atoms with van der Waals surface area (Å²) >= 11 is -2.33. The number of halogens is 2. The Morgan fingerprint density at radius 3 is 2.64 bits per heavy atom. The lowest BCUT2D eigenvalue weighted by atomic mass is 9.75. The molecule has 2 aromatic carbocycles. The fourth-order valence-corrected chi connectivity index (χ4v) is 6.24. The van der Waals surface area contributed by atoms with Gasteiger partial charge in [0.05, 0.1) is 6.61 Å². The van der Waals surface area contributed by atoms with Crippen LogP contribution in [-0.4, -0.2) is 44.9 Å². The van der Waals surface area contributed by atoms with Crippen molar-refractivity contribution in [2.45, 2.75) is 62.4 Å². The number of rotatable bonds is 9. The first-order chi connectivity index (χ1) is 15.9. The highest BCUT2D eigenvalue weighted by Crippen LogP contribution is 2.43. The zero-order valence-corrected chi connectivity index (χ0v) is 19.3. The Bertz CT molecular complexity index is 1040. The molecule has 1 aliphatic heterocycles. The summed E-state index contributed by atoms with van der Waals surface area (Å²) in [5.74, 6) is -0.273. The Labute approximate surface area is 195 Å². The molecule has 33 heavy (non-hydrogen) atoms. The molecule has 1 heterocycles. The van der Waals surface area contributed by atoms with Gasteiger partial charge in [-0.15, -0.1) is 0 Å². The number of ether oxygens (including phenoxy) is 1. The standard InChI is InChI=1S/C25H30F2N2O3S/c26-19-5-1-4-17(12-19)13-21-20-16-24(32-11-8-25(6-2-7-25)28-33(30)31)22(27)14-18(20)15-23(21)29-9-3-10-29/h1,4-5,12,14,16,21,23,28H,2-3,6-11,13,15H2,(H,30,31)/p-1. The third kappa shape index (κ3) is 4.85. The fourth-order valence-electron chi connectivity index (χ4n) is 5.58. The highest BCUT2D eigenvalue weighted by Gasteiger charge is 2.40. The van der Waals surface area contributed by atoms with E-state index in [2.05, 4.69) is 9.62 Å². The quantitative estimate of drug-likeness (QED) is 0.557. The van der Waals surface area contributed by atoms with Crippen LogP contribution in [0.5, 0.6) is 5.75 Å². The summed E-state index contributed by atoms with van der Waals surface area (Å²) in [6.45, 7) is 2.32. The summed E-state index contributed by atoms with van der Waals surface area (Å²) in [4.78, 5) is 2.44. The zero-order chi connectivity index (χ0) is 23.0.